The lowest BCUT2D eigenvalue weighted by atomic mass is 10.1. The van der Waals surface area contributed by atoms with E-state index in [4.69, 9.17) is 5.73 Å². The minimum absolute atomic E-state index is 0.0360. The van der Waals surface area contributed by atoms with Crippen LogP contribution in [-0.4, -0.2) is 24.0 Å². The highest BCUT2D eigenvalue weighted by molar-refractivity contribution is 7.91. The number of aromatic nitrogens is 2. The number of sulfone groups is 1. The van der Waals surface area contributed by atoms with Gasteiger partial charge < -0.3 is 5.73 Å². The Kier molecular flexibility index (Phi) is 3.08. The van der Waals surface area contributed by atoms with Gasteiger partial charge in [0, 0.05) is 7.05 Å². The summed E-state index contributed by atoms with van der Waals surface area (Å²) in [6.07, 6.45) is 0. The van der Waals surface area contributed by atoms with Crippen molar-refractivity contribution >= 4 is 15.5 Å². The number of hydrogen-bond donors (Lipinski definition) is 1. The quantitative estimate of drug-likeness (QED) is 0.839. The molecule has 0 fully saturated rings. The van der Waals surface area contributed by atoms with E-state index in [9.17, 15) is 8.42 Å². The van der Waals surface area contributed by atoms with Gasteiger partial charge in [-0.1, -0.05) is 20.8 Å². The molecule has 1 aromatic rings. The van der Waals surface area contributed by atoms with Gasteiger partial charge in [0.1, 0.15) is 0 Å². The topological polar surface area (TPSA) is 78.0 Å². The molecule has 0 radical (unpaired) electrons. The Hall–Kier alpha value is -1.04. The zero-order valence-electron chi connectivity index (χ0n) is 9.48. The molecule has 0 saturated carbocycles. The molecule has 0 unspecified atom stereocenters. The second-order valence-corrected chi connectivity index (χ2v) is 5.98. The highest BCUT2D eigenvalue weighted by Crippen LogP contribution is 2.27. The third-order valence-corrected chi connectivity index (χ3v) is 4.11. The van der Waals surface area contributed by atoms with Crippen LogP contribution >= 0.6 is 0 Å². The number of hydrogen-bond acceptors (Lipinski definition) is 4. The van der Waals surface area contributed by atoms with Crippen LogP contribution in [0.25, 0.3) is 0 Å². The largest absolute Gasteiger partial charge is 0.395 e. The van der Waals surface area contributed by atoms with E-state index in [1.54, 1.807) is 14.0 Å². The van der Waals surface area contributed by atoms with Gasteiger partial charge in [-0.15, -0.1) is 0 Å². The Morgan fingerprint density at radius 3 is 2.33 bits per heavy atom. The molecule has 0 aliphatic rings. The highest BCUT2D eigenvalue weighted by Gasteiger charge is 2.24. The maximum Gasteiger partial charge on any atom is 0.197 e. The van der Waals surface area contributed by atoms with Gasteiger partial charge in [-0.05, 0) is 5.92 Å². The van der Waals surface area contributed by atoms with Crippen molar-refractivity contribution in [2.45, 2.75) is 31.7 Å². The summed E-state index contributed by atoms with van der Waals surface area (Å²) in [4.78, 5) is 0. The van der Waals surface area contributed by atoms with Gasteiger partial charge in [0.25, 0.3) is 0 Å². The van der Waals surface area contributed by atoms with Crippen LogP contribution in [0.4, 0.5) is 5.69 Å². The number of nitrogen functional groups attached to an aromatic ring is 1. The molecule has 0 bridgehead atoms. The van der Waals surface area contributed by atoms with E-state index in [-0.39, 0.29) is 22.4 Å². The lowest BCUT2D eigenvalue weighted by Crippen LogP contribution is -2.11. The van der Waals surface area contributed by atoms with E-state index in [0.717, 1.165) is 0 Å². The Morgan fingerprint density at radius 1 is 1.47 bits per heavy atom. The van der Waals surface area contributed by atoms with Crippen LogP contribution in [0.5, 0.6) is 0 Å². The predicted octanol–water partition coefficient (Wildman–Crippen LogP) is 0.919. The average Bonchev–Trinajstić information content (AvgIpc) is 2.42. The molecule has 0 saturated heterocycles. The highest BCUT2D eigenvalue weighted by atomic mass is 32.2. The van der Waals surface area contributed by atoms with Crippen LogP contribution in [0.3, 0.4) is 0 Å². The monoisotopic (exact) mass is 231 g/mol. The number of nitrogens with two attached hydrogens (primary N) is 1. The first kappa shape index (κ1) is 12.0. The molecule has 0 atom stereocenters. The number of rotatable bonds is 3. The molecule has 5 nitrogen and oxygen atoms in total. The van der Waals surface area contributed by atoms with E-state index >= 15 is 0 Å². The average molecular weight is 231 g/mol. The fraction of sp³-hybridized carbons (Fsp3) is 0.667. The van der Waals surface area contributed by atoms with E-state index in [1.807, 2.05) is 13.8 Å². The van der Waals surface area contributed by atoms with E-state index in [1.165, 1.54) is 4.68 Å². The zero-order chi connectivity index (χ0) is 11.8. The molecule has 0 aromatic carbocycles. The number of nitrogens with zero attached hydrogens (tertiary/aromatic N) is 2. The van der Waals surface area contributed by atoms with Crippen molar-refractivity contribution < 1.29 is 8.42 Å². The van der Waals surface area contributed by atoms with Gasteiger partial charge in [0.15, 0.2) is 14.9 Å². The molecule has 0 amide bonds. The van der Waals surface area contributed by atoms with Crippen molar-refractivity contribution in [2.75, 3.05) is 11.5 Å². The summed E-state index contributed by atoms with van der Waals surface area (Å²) in [5, 5.41) is 4.27. The normalized spacial score (nSPS) is 12.3. The lowest BCUT2D eigenvalue weighted by molar-refractivity contribution is 0.577. The summed E-state index contributed by atoms with van der Waals surface area (Å²) in [5.74, 6) is 0.158. The minimum Gasteiger partial charge on any atom is -0.395 e. The van der Waals surface area contributed by atoms with Crippen LogP contribution in [0.15, 0.2) is 5.03 Å². The van der Waals surface area contributed by atoms with Crippen LogP contribution in [-0.2, 0) is 16.9 Å². The number of aryl methyl sites for hydroxylation is 1. The van der Waals surface area contributed by atoms with E-state index in [2.05, 4.69) is 5.10 Å². The molecule has 1 rings (SSSR count). The molecule has 86 valence electrons. The molecule has 0 aliphatic carbocycles. The maximum atomic E-state index is 11.7. The van der Waals surface area contributed by atoms with Crippen molar-refractivity contribution in [1.82, 2.24) is 9.78 Å². The van der Waals surface area contributed by atoms with Crippen LogP contribution in [0, 0.1) is 0 Å². The Balaban J connectivity index is 3.45. The van der Waals surface area contributed by atoms with Crippen LogP contribution in [0.2, 0.25) is 0 Å². The summed E-state index contributed by atoms with van der Waals surface area (Å²) in [6, 6.07) is 0. The Bertz CT molecular complexity index is 460. The fourth-order valence-electron chi connectivity index (χ4n) is 1.48. The maximum absolute atomic E-state index is 11.7. The second kappa shape index (κ2) is 3.84. The van der Waals surface area contributed by atoms with Crippen molar-refractivity contribution in [1.29, 1.82) is 0 Å². The smallest absolute Gasteiger partial charge is 0.197 e. The Labute approximate surface area is 90.2 Å². The first-order valence-electron chi connectivity index (χ1n) is 4.86. The number of anilines is 1. The first-order chi connectivity index (χ1) is 6.81. The molecule has 15 heavy (non-hydrogen) atoms. The fourth-order valence-corrected chi connectivity index (χ4v) is 2.63. The third kappa shape index (κ3) is 1.99. The predicted molar refractivity (Wildman–Crippen MR) is 59.4 cm³/mol. The van der Waals surface area contributed by atoms with Crippen molar-refractivity contribution in [2.24, 2.45) is 7.05 Å². The van der Waals surface area contributed by atoms with Gasteiger partial charge >= 0.3 is 0 Å². The summed E-state index contributed by atoms with van der Waals surface area (Å²) in [5.41, 5.74) is 6.73. The second-order valence-electron chi connectivity index (χ2n) is 3.79. The van der Waals surface area contributed by atoms with E-state index < -0.39 is 9.84 Å². The molecular weight excluding hydrogens is 214 g/mol. The minimum atomic E-state index is -3.30. The molecular formula is C9H17N3O2S. The van der Waals surface area contributed by atoms with Gasteiger partial charge in [-0.2, -0.15) is 5.10 Å². The Morgan fingerprint density at radius 2 is 2.00 bits per heavy atom. The van der Waals surface area contributed by atoms with Gasteiger partial charge in [0.2, 0.25) is 0 Å². The molecule has 0 spiro atoms. The molecule has 1 aromatic heterocycles. The summed E-state index contributed by atoms with van der Waals surface area (Å²) >= 11 is 0. The first-order valence-corrected chi connectivity index (χ1v) is 6.51. The summed E-state index contributed by atoms with van der Waals surface area (Å²) in [7, 11) is -1.69. The zero-order valence-corrected chi connectivity index (χ0v) is 10.3. The van der Waals surface area contributed by atoms with Crippen LogP contribution < -0.4 is 5.73 Å². The SMILES string of the molecule is CCS(=O)(=O)c1c(N)c(C(C)C)nn1C. The summed E-state index contributed by atoms with van der Waals surface area (Å²) in [6.45, 7) is 5.46. The van der Waals surface area contributed by atoms with E-state index in [0.29, 0.717) is 5.69 Å². The van der Waals surface area contributed by atoms with Gasteiger partial charge in [-0.25, -0.2) is 8.42 Å². The lowest BCUT2D eigenvalue weighted by Gasteiger charge is -2.03. The third-order valence-electron chi connectivity index (χ3n) is 2.28. The molecule has 0 aliphatic heterocycles. The molecule has 2 N–H and O–H groups in total. The van der Waals surface area contributed by atoms with Crippen molar-refractivity contribution in [3.63, 3.8) is 0 Å². The standard InChI is InChI=1S/C9H17N3O2S/c1-5-15(13,14)9-7(10)8(6(2)3)11-12(9)4/h6H,5,10H2,1-4H3. The molecule has 1 heterocycles. The van der Waals surface area contributed by atoms with Crippen molar-refractivity contribution in [3.8, 4) is 0 Å². The van der Waals surface area contributed by atoms with Gasteiger partial charge in [-0.3, -0.25) is 4.68 Å². The molecule has 6 heteroatoms. The van der Waals surface area contributed by atoms with Crippen LogP contribution in [0.1, 0.15) is 32.4 Å². The summed E-state index contributed by atoms with van der Waals surface area (Å²) < 4.78 is 24.8. The van der Waals surface area contributed by atoms with Gasteiger partial charge in [0.05, 0.1) is 17.1 Å². The van der Waals surface area contributed by atoms with Crippen molar-refractivity contribution in [3.05, 3.63) is 5.69 Å².